The first-order chi connectivity index (χ1) is 9.74. The third-order valence-electron chi connectivity index (χ3n) is 2.94. The predicted octanol–water partition coefficient (Wildman–Crippen LogP) is 3.41. The van der Waals surface area contributed by atoms with Crippen LogP contribution in [0.2, 0.25) is 0 Å². The van der Waals surface area contributed by atoms with Gasteiger partial charge >= 0.3 is 0 Å². The van der Waals surface area contributed by atoms with Crippen LogP contribution in [-0.4, -0.2) is 18.6 Å². The van der Waals surface area contributed by atoms with Gasteiger partial charge in [-0.3, -0.25) is 0 Å². The van der Waals surface area contributed by atoms with Gasteiger partial charge in [0.15, 0.2) is 11.5 Å². The Kier molecular flexibility index (Phi) is 4.82. The quantitative estimate of drug-likeness (QED) is 0.875. The molecule has 0 bridgehead atoms. The molecule has 1 aromatic heterocycles. The number of aryl methyl sites for hydroxylation is 1. The lowest BCUT2D eigenvalue weighted by Gasteiger charge is -2.13. The fourth-order valence-electron chi connectivity index (χ4n) is 1.93. The van der Waals surface area contributed by atoms with Crippen molar-refractivity contribution in [1.82, 2.24) is 4.98 Å². The van der Waals surface area contributed by atoms with E-state index in [-0.39, 0.29) is 0 Å². The SMILES string of the molecule is CCNc1ncccc1COc1ccc(C)cc1OC. The number of nitrogens with one attached hydrogen (secondary N) is 1. The molecule has 4 heteroatoms. The fourth-order valence-corrected chi connectivity index (χ4v) is 1.93. The zero-order valence-corrected chi connectivity index (χ0v) is 12.1. The summed E-state index contributed by atoms with van der Waals surface area (Å²) < 4.78 is 11.2. The first-order valence-corrected chi connectivity index (χ1v) is 6.69. The molecule has 1 heterocycles. The summed E-state index contributed by atoms with van der Waals surface area (Å²) >= 11 is 0. The molecule has 0 unspecified atom stereocenters. The van der Waals surface area contributed by atoms with Gasteiger partial charge in [-0.15, -0.1) is 0 Å². The van der Waals surface area contributed by atoms with E-state index < -0.39 is 0 Å². The average molecular weight is 272 g/mol. The monoisotopic (exact) mass is 272 g/mol. The molecule has 0 aliphatic carbocycles. The molecule has 0 saturated carbocycles. The molecule has 0 radical (unpaired) electrons. The highest BCUT2D eigenvalue weighted by atomic mass is 16.5. The van der Waals surface area contributed by atoms with Crippen LogP contribution in [0, 0.1) is 6.92 Å². The van der Waals surface area contributed by atoms with Gasteiger partial charge in [-0.2, -0.15) is 0 Å². The molecule has 4 nitrogen and oxygen atoms in total. The molecule has 0 spiro atoms. The van der Waals surface area contributed by atoms with Gasteiger partial charge in [0.2, 0.25) is 0 Å². The lowest BCUT2D eigenvalue weighted by atomic mass is 10.2. The molecule has 106 valence electrons. The summed E-state index contributed by atoms with van der Waals surface area (Å²) in [4.78, 5) is 4.32. The minimum Gasteiger partial charge on any atom is -0.493 e. The van der Waals surface area contributed by atoms with E-state index in [9.17, 15) is 0 Å². The van der Waals surface area contributed by atoms with E-state index in [0.29, 0.717) is 6.61 Å². The average Bonchev–Trinajstić information content (AvgIpc) is 2.47. The van der Waals surface area contributed by atoms with E-state index in [0.717, 1.165) is 35.0 Å². The molecule has 0 aliphatic rings. The smallest absolute Gasteiger partial charge is 0.161 e. The highest BCUT2D eigenvalue weighted by molar-refractivity contribution is 5.45. The van der Waals surface area contributed by atoms with Crippen molar-refractivity contribution in [2.75, 3.05) is 19.0 Å². The van der Waals surface area contributed by atoms with E-state index in [4.69, 9.17) is 9.47 Å². The number of benzene rings is 1. The van der Waals surface area contributed by atoms with Gasteiger partial charge in [0, 0.05) is 18.3 Å². The van der Waals surface area contributed by atoms with E-state index >= 15 is 0 Å². The van der Waals surface area contributed by atoms with Crippen LogP contribution in [0.25, 0.3) is 0 Å². The Morgan fingerprint density at radius 3 is 2.80 bits per heavy atom. The largest absolute Gasteiger partial charge is 0.493 e. The summed E-state index contributed by atoms with van der Waals surface area (Å²) in [6.45, 7) is 5.35. The topological polar surface area (TPSA) is 43.4 Å². The maximum Gasteiger partial charge on any atom is 0.161 e. The summed E-state index contributed by atoms with van der Waals surface area (Å²) in [5.74, 6) is 2.35. The van der Waals surface area contributed by atoms with Crippen molar-refractivity contribution in [1.29, 1.82) is 0 Å². The van der Waals surface area contributed by atoms with Crippen molar-refractivity contribution in [3.05, 3.63) is 47.7 Å². The van der Waals surface area contributed by atoms with E-state index in [2.05, 4.69) is 10.3 Å². The van der Waals surface area contributed by atoms with Crippen molar-refractivity contribution in [2.24, 2.45) is 0 Å². The number of methoxy groups -OCH3 is 1. The fraction of sp³-hybridized carbons (Fsp3) is 0.312. The van der Waals surface area contributed by atoms with Gasteiger partial charge in [0.1, 0.15) is 12.4 Å². The first-order valence-electron chi connectivity index (χ1n) is 6.69. The van der Waals surface area contributed by atoms with Crippen molar-refractivity contribution in [3.63, 3.8) is 0 Å². The Morgan fingerprint density at radius 1 is 1.20 bits per heavy atom. The highest BCUT2D eigenvalue weighted by Gasteiger charge is 2.07. The number of hydrogen-bond acceptors (Lipinski definition) is 4. The number of aromatic nitrogens is 1. The van der Waals surface area contributed by atoms with Crippen LogP contribution in [-0.2, 0) is 6.61 Å². The lowest BCUT2D eigenvalue weighted by molar-refractivity contribution is 0.284. The van der Waals surface area contributed by atoms with Gasteiger partial charge in [0.05, 0.1) is 7.11 Å². The van der Waals surface area contributed by atoms with Crippen molar-refractivity contribution in [2.45, 2.75) is 20.5 Å². The van der Waals surface area contributed by atoms with Gasteiger partial charge in [-0.05, 0) is 37.6 Å². The maximum absolute atomic E-state index is 5.85. The van der Waals surface area contributed by atoms with E-state index in [1.54, 1.807) is 13.3 Å². The summed E-state index contributed by atoms with van der Waals surface area (Å²) in [5, 5.41) is 3.23. The minimum atomic E-state index is 0.454. The second-order valence-corrected chi connectivity index (χ2v) is 4.48. The summed E-state index contributed by atoms with van der Waals surface area (Å²) in [7, 11) is 1.65. The highest BCUT2D eigenvalue weighted by Crippen LogP contribution is 2.29. The molecule has 0 fully saturated rings. The molecule has 20 heavy (non-hydrogen) atoms. The Labute approximate surface area is 119 Å². The number of ether oxygens (including phenoxy) is 2. The summed E-state index contributed by atoms with van der Waals surface area (Å²) in [6, 6.07) is 9.81. The van der Waals surface area contributed by atoms with Crippen LogP contribution < -0.4 is 14.8 Å². The first kappa shape index (κ1) is 14.2. The number of pyridine rings is 1. The predicted molar refractivity (Wildman–Crippen MR) is 80.5 cm³/mol. The second-order valence-electron chi connectivity index (χ2n) is 4.48. The third kappa shape index (κ3) is 3.41. The molecule has 0 saturated heterocycles. The lowest BCUT2D eigenvalue weighted by Crippen LogP contribution is -2.06. The van der Waals surface area contributed by atoms with Crippen LogP contribution in [0.15, 0.2) is 36.5 Å². The van der Waals surface area contributed by atoms with Gasteiger partial charge < -0.3 is 14.8 Å². The molecular weight excluding hydrogens is 252 g/mol. The molecule has 2 rings (SSSR count). The molecule has 0 amide bonds. The summed E-state index contributed by atoms with van der Waals surface area (Å²) in [6.07, 6.45) is 1.77. The Balaban J connectivity index is 2.13. The van der Waals surface area contributed by atoms with Gasteiger partial charge in [0.25, 0.3) is 0 Å². The van der Waals surface area contributed by atoms with Gasteiger partial charge in [-0.25, -0.2) is 4.98 Å². The zero-order valence-electron chi connectivity index (χ0n) is 12.1. The third-order valence-corrected chi connectivity index (χ3v) is 2.94. The van der Waals surface area contributed by atoms with Crippen LogP contribution in [0.1, 0.15) is 18.1 Å². The Bertz CT molecular complexity index is 570. The van der Waals surface area contributed by atoms with Crippen molar-refractivity contribution >= 4 is 5.82 Å². The molecule has 1 N–H and O–H groups in total. The summed E-state index contributed by atoms with van der Waals surface area (Å²) in [5.41, 5.74) is 2.17. The Morgan fingerprint density at radius 2 is 2.05 bits per heavy atom. The van der Waals surface area contributed by atoms with E-state index in [1.165, 1.54) is 0 Å². The maximum atomic E-state index is 5.85. The second kappa shape index (κ2) is 6.80. The van der Waals surface area contributed by atoms with Crippen LogP contribution >= 0.6 is 0 Å². The van der Waals surface area contributed by atoms with Crippen LogP contribution in [0.3, 0.4) is 0 Å². The van der Waals surface area contributed by atoms with E-state index in [1.807, 2.05) is 44.2 Å². The minimum absolute atomic E-state index is 0.454. The van der Waals surface area contributed by atoms with Crippen molar-refractivity contribution < 1.29 is 9.47 Å². The Hall–Kier alpha value is -2.23. The van der Waals surface area contributed by atoms with Crippen LogP contribution in [0.5, 0.6) is 11.5 Å². The number of hydrogen-bond donors (Lipinski definition) is 1. The molecule has 2 aromatic rings. The number of anilines is 1. The molecule has 0 aliphatic heterocycles. The zero-order chi connectivity index (χ0) is 14.4. The van der Waals surface area contributed by atoms with Crippen LogP contribution in [0.4, 0.5) is 5.82 Å². The molecule has 1 aromatic carbocycles. The van der Waals surface area contributed by atoms with Gasteiger partial charge in [-0.1, -0.05) is 12.1 Å². The molecular formula is C16H20N2O2. The van der Waals surface area contributed by atoms with Crippen molar-refractivity contribution in [3.8, 4) is 11.5 Å². The number of nitrogens with zero attached hydrogens (tertiary/aromatic N) is 1. The molecule has 0 atom stereocenters. The normalized spacial score (nSPS) is 10.2. The standard InChI is InChI=1S/C16H20N2O2/c1-4-17-16-13(6-5-9-18-16)11-20-14-8-7-12(2)10-15(14)19-3/h5-10H,4,11H2,1-3H3,(H,17,18). The number of rotatable bonds is 6.